The first-order valence-corrected chi connectivity index (χ1v) is 6.56. The Morgan fingerprint density at radius 2 is 2.17 bits per heavy atom. The second-order valence-corrected chi connectivity index (χ2v) is 5.17. The molecule has 2 amide bonds. The van der Waals surface area contributed by atoms with Crippen molar-refractivity contribution in [1.29, 1.82) is 0 Å². The number of hydrogen-bond donors (Lipinski definition) is 3. The smallest absolute Gasteiger partial charge is 0.355 e. The van der Waals surface area contributed by atoms with E-state index in [0.717, 1.165) is 6.42 Å². The molecule has 6 nitrogen and oxygen atoms in total. The minimum Gasteiger partial charge on any atom is -0.476 e. The summed E-state index contributed by atoms with van der Waals surface area (Å²) in [6, 6.07) is -0.261. The maximum absolute atomic E-state index is 11.4. The zero-order chi connectivity index (χ0) is 13.5. The SMILES string of the molecule is CC(C)CCNC(=O)NCc1nc(C(=O)O)cs1. The summed E-state index contributed by atoms with van der Waals surface area (Å²) in [5.41, 5.74) is 0.0111. The van der Waals surface area contributed by atoms with Crippen molar-refractivity contribution in [1.82, 2.24) is 15.6 Å². The molecule has 18 heavy (non-hydrogen) atoms. The van der Waals surface area contributed by atoms with Crippen LogP contribution in [0.1, 0.15) is 35.8 Å². The van der Waals surface area contributed by atoms with Gasteiger partial charge in [0.05, 0.1) is 6.54 Å². The lowest BCUT2D eigenvalue weighted by Crippen LogP contribution is -2.35. The normalized spacial score (nSPS) is 10.4. The highest BCUT2D eigenvalue weighted by Gasteiger charge is 2.09. The van der Waals surface area contributed by atoms with Gasteiger partial charge in [-0.15, -0.1) is 11.3 Å². The highest BCUT2D eigenvalue weighted by molar-refractivity contribution is 7.09. The van der Waals surface area contributed by atoms with Crippen LogP contribution in [-0.2, 0) is 6.54 Å². The fraction of sp³-hybridized carbons (Fsp3) is 0.545. The van der Waals surface area contributed by atoms with E-state index in [2.05, 4.69) is 29.5 Å². The summed E-state index contributed by atoms with van der Waals surface area (Å²) in [5, 5.41) is 16.1. The predicted molar refractivity (Wildman–Crippen MR) is 68.8 cm³/mol. The van der Waals surface area contributed by atoms with Gasteiger partial charge in [0.2, 0.25) is 0 Å². The molecule has 0 radical (unpaired) electrons. The molecule has 7 heteroatoms. The highest BCUT2D eigenvalue weighted by Crippen LogP contribution is 2.09. The van der Waals surface area contributed by atoms with Crippen LogP contribution in [0.25, 0.3) is 0 Å². The summed E-state index contributed by atoms with van der Waals surface area (Å²) < 4.78 is 0. The average Bonchev–Trinajstić information content (AvgIpc) is 2.74. The lowest BCUT2D eigenvalue weighted by atomic mass is 10.1. The summed E-state index contributed by atoms with van der Waals surface area (Å²) in [6.07, 6.45) is 0.924. The number of urea groups is 1. The molecule has 1 aromatic heterocycles. The zero-order valence-electron chi connectivity index (χ0n) is 10.4. The number of amides is 2. The van der Waals surface area contributed by atoms with Crippen LogP contribution in [0.4, 0.5) is 4.79 Å². The number of carboxylic acids is 1. The van der Waals surface area contributed by atoms with Crippen LogP contribution in [-0.4, -0.2) is 28.6 Å². The number of nitrogens with one attached hydrogen (secondary N) is 2. The Kier molecular flexibility index (Phi) is 5.57. The molecule has 100 valence electrons. The summed E-state index contributed by atoms with van der Waals surface area (Å²) in [6.45, 7) is 5.04. The van der Waals surface area contributed by atoms with Crippen LogP contribution in [0.5, 0.6) is 0 Å². The molecule has 0 aliphatic heterocycles. The first kappa shape index (κ1) is 14.4. The summed E-state index contributed by atoms with van der Waals surface area (Å²) in [4.78, 5) is 25.8. The lowest BCUT2D eigenvalue weighted by Gasteiger charge is -2.07. The predicted octanol–water partition coefficient (Wildman–Crippen LogP) is 1.69. The lowest BCUT2D eigenvalue weighted by molar-refractivity contribution is 0.0691. The Balaban J connectivity index is 2.27. The number of carbonyl (C=O) groups is 2. The summed E-state index contributed by atoms with van der Waals surface area (Å²) in [5.74, 6) is -0.513. The van der Waals surface area contributed by atoms with Gasteiger partial charge in [-0.3, -0.25) is 0 Å². The van der Waals surface area contributed by atoms with E-state index in [1.165, 1.54) is 16.7 Å². The van der Waals surface area contributed by atoms with Gasteiger partial charge in [0.1, 0.15) is 5.01 Å². The number of carboxylic acid groups (broad SMARTS) is 1. The molecule has 0 aliphatic carbocycles. The molecular formula is C11H17N3O3S. The molecule has 1 rings (SSSR count). The van der Waals surface area contributed by atoms with Gasteiger partial charge in [-0.2, -0.15) is 0 Å². The molecule has 1 heterocycles. The molecule has 0 aliphatic rings. The molecule has 0 unspecified atom stereocenters. The van der Waals surface area contributed by atoms with Gasteiger partial charge in [-0.25, -0.2) is 14.6 Å². The van der Waals surface area contributed by atoms with Crippen molar-refractivity contribution in [2.45, 2.75) is 26.8 Å². The van der Waals surface area contributed by atoms with Crippen LogP contribution in [0.15, 0.2) is 5.38 Å². The number of rotatable bonds is 6. The van der Waals surface area contributed by atoms with Gasteiger partial charge < -0.3 is 15.7 Å². The molecule has 1 aromatic rings. The number of aromatic nitrogens is 1. The van der Waals surface area contributed by atoms with E-state index >= 15 is 0 Å². The third kappa shape index (κ3) is 5.13. The van der Waals surface area contributed by atoms with Crippen LogP contribution < -0.4 is 10.6 Å². The van der Waals surface area contributed by atoms with Crippen LogP contribution in [0.2, 0.25) is 0 Å². The number of aromatic carboxylic acids is 1. The van der Waals surface area contributed by atoms with Gasteiger partial charge in [0.15, 0.2) is 5.69 Å². The molecule has 0 bridgehead atoms. The Morgan fingerprint density at radius 3 is 2.72 bits per heavy atom. The van der Waals surface area contributed by atoms with E-state index in [0.29, 0.717) is 17.5 Å². The monoisotopic (exact) mass is 271 g/mol. The Bertz CT molecular complexity index is 417. The van der Waals surface area contributed by atoms with Crippen molar-refractivity contribution in [3.63, 3.8) is 0 Å². The molecule has 0 atom stereocenters. The van der Waals surface area contributed by atoms with Crippen molar-refractivity contribution in [3.8, 4) is 0 Å². The van der Waals surface area contributed by atoms with E-state index in [-0.39, 0.29) is 18.3 Å². The van der Waals surface area contributed by atoms with E-state index in [9.17, 15) is 9.59 Å². The van der Waals surface area contributed by atoms with E-state index < -0.39 is 5.97 Å². The van der Waals surface area contributed by atoms with Gasteiger partial charge in [-0.1, -0.05) is 13.8 Å². The number of carbonyl (C=O) groups excluding carboxylic acids is 1. The molecule has 0 spiro atoms. The first-order valence-electron chi connectivity index (χ1n) is 5.68. The van der Waals surface area contributed by atoms with Crippen molar-refractivity contribution in [2.24, 2.45) is 5.92 Å². The maximum atomic E-state index is 11.4. The molecular weight excluding hydrogens is 254 g/mol. The summed E-state index contributed by atoms with van der Waals surface area (Å²) in [7, 11) is 0. The number of nitrogens with zero attached hydrogens (tertiary/aromatic N) is 1. The quantitative estimate of drug-likeness (QED) is 0.734. The molecule has 0 aromatic carbocycles. The molecule has 0 saturated carbocycles. The maximum Gasteiger partial charge on any atom is 0.355 e. The fourth-order valence-corrected chi connectivity index (χ4v) is 1.89. The van der Waals surface area contributed by atoms with Crippen molar-refractivity contribution < 1.29 is 14.7 Å². The third-order valence-electron chi connectivity index (χ3n) is 2.18. The van der Waals surface area contributed by atoms with Crippen LogP contribution in [0, 0.1) is 5.92 Å². The molecule has 3 N–H and O–H groups in total. The molecule has 0 saturated heterocycles. The Labute approximate surface area is 109 Å². The topological polar surface area (TPSA) is 91.3 Å². The van der Waals surface area contributed by atoms with E-state index in [1.807, 2.05) is 0 Å². The Morgan fingerprint density at radius 1 is 1.44 bits per heavy atom. The largest absolute Gasteiger partial charge is 0.476 e. The zero-order valence-corrected chi connectivity index (χ0v) is 11.2. The van der Waals surface area contributed by atoms with Gasteiger partial charge in [0.25, 0.3) is 0 Å². The van der Waals surface area contributed by atoms with Gasteiger partial charge in [-0.05, 0) is 12.3 Å². The first-order chi connectivity index (χ1) is 8.49. The number of thiazole rings is 1. The van der Waals surface area contributed by atoms with Crippen LogP contribution >= 0.6 is 11.3 Å². The third-order valence-corrected chi connectivity index (χ3v) is 3.03. The fourth-order valence-electron chi connectivity index (χ4n) is 1.18. The second kappa shape index (κ2) is 6.95. The summed E-state index contributed by atoms with van der Waals surface area (Å²) >= 11 is 1.21. The second-order valence-electron chi connectivity index (χ2n) is 4.22. The van der Waals surface area contributed by atoms with E-state index in [1.54, 1.807) is 0 Å². The van der Waals surface area contributed by atoms with Crippen molar-refractivity contribution >= 4 is 23.3 Å². The number of hydrogen-bond acceptors (Lipinski definition) is 4. The standard InChI is InChI=1S/C11H17N3O3S/c1-7(2)3-4-12-11(17)13-5-9-14-8(6-18-9)10(15)16/h6-7H,3-5H2,1-2H3,(H,15,16)(H2,12,13,17). The highest BCUT2D eigenvalue weighted by atomic mass is 32.1. The Hall–Kier alpha value is -1.63. The minimum absolute atomic E-state index is 0.0111. The van der Waals surface area contributed by atoms with E-state index in [4.69, 9.17) is 5.11 Å². The van der Waals surface area contributed by atoms with Gasteiger partial charge >= 0.3 is 12.0 Å². The molecule has 0 fully saturated rings. The van der Waals surface area contributed by atoms with Gasteiger partial charge in [0, 0.05) is 11.9 Å². The van der Waals surface area contributed by atoms with Crippen molar-refractivity contribution in [3.05, 3.63) is 16.1 Å². The minimum atomic E-state index is -1.06. The van der Waals surface area contributed by atoms with Crippen molar-refractivity contribution in [2.75, 3.05) is 6.54 Å². The van der Waals surface area contributed by atoms with Crippen LogP contribution in [0.3, 0.4) is 0 Å². The average molecular weight is 271 g/mol.